The van der Waals surface area contributed by atoms with E-state index in [2.05, 4.69) is 10.6 Å². The van der Waals surface area contributed by atoms with Crippen LogP contribution < -0.4 is 15.5 Å². The summed E-state index contributed by atoms with van der Waals surface area (Å²) in [5, 5.41) is 9.11. The van der Waals surface area contributed by atoms with E-state index in [1.165, 1.54) is 0 Å². The van der Waals surface area contributed by atoms with Crippen molar-refractivity contribution >= 4 is 51.7 Å². The molecule has 0 bridgehead atoms. The maximum atomic E-state index is 13.2. The van der Waals surface area contributed by atoms with Crippen molar-refractivity contribution in [3.63, 3.8) is 0 Å². The van der Waals surface area contributed by atoms with Crippen molar-refractivity contribution in [1.29, 1.82) is 0 Å². The van der Waals surface area contributed by atoms with Gasteiger partial charge in [-0.05, 0) is 60.7 Å². The Morgan fingerprint density at radius 2 is 1.91 bits per heavy atom. The second-order valence-electron chi connectivity index (χ2n) is 7.91. The van der Waals surface area contributed by atoms with Crippen LogP contribution in [0.2, 0.25) is 5.02 Å². The van der Waals surface area contributed by atoms with Crippen molar-refractivity contribution < 1.29 is 9.59 Å². The molecule has 0 unspecified atom stereocenters. The Hall–Kier alpha value is -3.09. The first-order valence-corrected chi connectivity index (χ1v) is 11.8. The van der Waals surface area contributed by atoms with Crippen LogP contribution >= 0.6 is 22.9 Å². The summed E-state index contributed by atoms with van der Waals surface area (Å²) < 4.78 is 0. The Labute approximate surface area is 195 Å². The predicted octanol–water partition coefficient (Wildman–Crippen LogP) is 6.02. The zero-order valence-corrected chi connectivity index (χ0v) is 18.9. The molecule has 162 valence electrons. The number of halogens is 1. The zero-order valence-electron chi connectivity index (χ0n) is 17.3. The number of allylic oxidation sites excluding steroid dienone is 1. The standard InChI is InChI=1S/C25H22ClN3O2S/c26-16-10-12-17(13-11-16)27-23(31)15-29-20-7-2-1-5-18(20)28-19-6-3-8-21(30)24(19)25(29)22-9-4-14-32-22/h1-2,4-5,7,9-14,25,28H,3,6,8,15H2,(H,27,31)/t25-/m0/s1. The molecule has 0 saturated carbocycles. The number of ketones is 1. The van der Waals surface area contributed by atoms with Crippen molar-refractivity contribution in [2.45, 2.75) is 25.3 Å². The van der Waals surface area contributed by atoms with Gasteiger partial charge in [-0.1, -0.05) is 29.8 Å². The number of amides is 1. The van der Waals surface area contributed by atoms with Gasteiger partial charge in [0.15, 0.2) is 5.78 Å². The van der Waals surface area contributed by atoms with Crippen LogP contribution in [0.15, 0.2) is 77.3 Å². The van der Waals surface area contributed by atoms with E-state index >= 15 is 0 Å². The number of fused-ring (bicyclic) bond motifs is 1. The normalized spacial score (nSPS) is 17.8. The van der Waals surface area contributed by atoms with Crippen molar-refractivity contribution in [1.82, 2.24) is 0 Å². The molecular weight excluding hydrogens is 442 g/mol. The Bertz CT molecular complexity index is 1190. The molecule has 0 radical (unpaired) electrons. The fourth-order valence-corrected chi connectivity index (χ4v) is 5.38. The molecule has 7 heteroatoms. The van der Waals surface area contributed by atoms with Gasteiger partial charge in [0.05, 0.1) is 24.0 Å². The minimum absolute atomic E-state index is 0.105. The Morgan fingerprint density at radius 1 is 1.09 bits per heavy atom. The maximum Gasteiger partial charge on any atom is 0.243 e. The molecule has 5 rings (SSSR count). The average molecular weight is 464 g/mol. The van der Waals surface area contributed by atoms with E-state index in [0.717, 1.165) is 40.4 Å². The molecule has 1 aromatic heterocycles. The predicted molar refractivity (Wildman–Crippen MR) is 130 cm³/mol. The minimum Gasteiger partial charge on any atom is -0.357 e. The van der Waals surface area contributed by atoms with Crippen LogP contribution in [0.3, 0.4) is 0 Å². The second kappa shape index (κ2) is 8.81. The zero-order chi connectivity index (χ0) is 22.1. The first-order valence-electron chi connectivity index (χ1n) is 10.6. The molecular formula is C25H22ClN3O2S. The van der Waals surface area contributed by atoms with Gasteiger partial charge in [0.1, 0.15) is 0 Å². The van der Waals surface area contributed by atoms with Gasteiger partial charge in [0, 0.05) is 33.3 Å². The number of hydrogen-bond donors (Lipinski definition) is 2. The highest BCUT2D eigenvalue weighted by atomic mass is 35.5. The summed E-state index contributed by atoms with van der Waals surface area (Å²) in [5.74, 6) is -0.0101. The molecule has 0 saturated heterocycles. The van der Waals surface area contributed by atoms with E-state index in [9.17, 15) is 9.59 Å². The van der Waals surface area contributed by atoms with Gasteiger partial charge < -0.3 is 15.5 Å². The van der Waals surface area contributed by atoms with Gasteiger partial charge in [-0.25, -0.2) is 0 Å². The van der Waals surface area contributed by atoms with Crippen molar-refractivity contribution in [2.75, 3.05) is 22.1 Å². The van der Waals surface area contributed by atoms with Gasteiger partial charge in [0.25, 0.3) is 0 Å². The van der Waals surface area contributed by atoms with Crippen LogP contribution in [0.25, 0.3) is 0 Å². The number of Topliss-reactive ketones (excluding diaryl/α,β-unsaturated/α-hetero) is 1. The lowest BCUT2D eigenvalue weighted by molar-refractivity contribution is -0.117. The SMILES string of the molecule is O=C(CN1c2ccccc2NC2=C(C(=O)CCC2)[C@@H]1c1cccs1)Nc1ccc(Cl)cc1. The molecule has 0 fully saturated rings. The number of rotatable bonds is 4. The summed E-state index contributed by atoms with van der Waals surface area (Å²) in [5.41, 5.74) is 4.23. The van der Waals surface area contributed by atoms with Crippen LogP contribution in [-0.4, -0.2) is 18.2 Å². The third kappa shape index (κ3) is 4.04. The maximum absolute atomic E-state index is 13.2. The van der Waals surface area contributed by atoms with Gasteiger partial charge in [-0.15, -0.1) is 11.3 Å². The molecule has 5 nitrogen and oxygen atoms in total. The first-order chi connectivity index (χ1) is 15.6. The molecule has 3 aromatic rings. The monoisotopic (exact) mass is 463 g/mol. The molecule has 2 heterocycles. The fraction of sp³-hybridized carbons (Fsp3) is 0.200. The van der Waals surface area contributed by atoms with Crippen LogP contribution in [0.1, 0.15) is 30.2 Å². The average Bonchev–Trinajstić information content (AvgIpc) is 3.27. The van der Waals surface area contributed by atoms with E-state index in [0.29, 0.717) is 17.1 Å². The van der Waals surface area contributed by atoms with E-state index < -0.39 is 0 Å². The molecule has 0 spiro atoms. The minimum atomic E-state index is -0.315. The fourth-order valence-electron chi connectivity index (χ4n) is 4.41. The molecule has 32 heavy (non-hydrogen) atoms. The molecule has 2 aromatic carbocycles. The summed E-state index contributed by atoms with van der Waals surface area (Å²) in [6.45, 7) is 0.105. The smallest absolute Gasteiger partial charge is 0.243 e. The first kappa shape index (κ1) is 20.8. The molecule has 2 N–H and O–H groups in total. The number of nitrogens with one attached hydrogen (secondary N) is 2. The number of thiophene rings is 1. The number of anilines is 3. The summed E-state index contributed by atoms with van der Waals surface area (Å²) in [7, 11) is 0. The summed E-state index contributed by atoms with van der Waals surface area (Å²) in [6, 6.07) is 18.7. The topological polar surface area (TPSA) is 61.4 Å². The highest BCUT2D eigenvalue weighted by Crippen LogP contribution is 2.45. The number of carbonyl (C=O) groups excluding carboxylic acids is 2. The molecule has 1 amide bonds. The Kier molecular flexibility index (Phi) is 5.72. The third-order valence-electron chi connectivity index (χ3n) is 5.79. The van der Waals surface area contributed by atoms with E-state index in [4.69, 9.17) is 11.6 Å². The Morgan fingerprint density at radius 3 is 2.69 bits per heavy atom. The van der Waals surface area contributed by atoms with E-state index in [-0.39, 0.29) is 24.3 Å². The number of benzene rings is 2. The van der Waals surface area contributed by atoms with Crippen molar-refractivity contribution in [3.8, 4) is 0 Å². The summed E-state index contributed by atoms with van der Waals surface area (Å²) in [4.78, 5) is 29.4. The van der Waals surface area contributed by atoms with Crippen molar-refractivity contribution in [2.24, 2.45) is 0 Å². The van der Waals surface area contributed by atoms with E-state index in [1.807, 2.05) is 46.7 Å². The Balaban J connectivity index is 1.57. The van der Waals surface area contributed by atoms with Crippen molar-refractivity contribution in [3.05, 3.63) is 87.2 Å². The molecule has 1 atom stereocenters. The van der Waals surface area contributed by atoms with Crippen LogP contribution in [0.5, 0.6) is 0 Å². The van der Waals surface area contributed by atoms with Crippen LogP contribution in [-0.2, 0) is 9.59 Å². The highest BCUT2D eigenvalue weighted by Gasteiger charge is 2.37. The largest absolute Gasteiger partial charge is 0.357 e. The lowest BCUT2D eigenvalue weighted by atomic mass is 9.88. The lowest BCUT2D eigenvalue weighted by Crippen LogP contribution is -2.38. The van der Waals surface area contributed by atoms with Gasteiger partial charge in [-0.2, -0.15) is 0 Å². The molecule has 1 aliphatic heterocycles. The second-order valence-corrected chi connectivity index (χ2v) is 9.33. The third-order valence-corrected chi connectivity index (χ3v) is 6.97. The van der Waals surface area contributed by atoms with Crippen LogP contribution in [0, 0.1) is 0 Å². The van der Waals surface area contributed by atoms with E-state index in [1.54, 1.807) is 35.6 Å². The van der Waals surface area contributed by atoms with Crippen LogP contribution in [0.4, 0.5) is 17.1 Å². The lowest BCUT2D eigenvalue weighted by Gasteiger charge is -2.34. The van der Waals surface area contributed by atoms with Gasteiger partial charge >= 0.3 is 0 Å². The highest BCUT2D eigenvalue weighted by molar-refractivity contribution is 7.10. The number of nitrogens with zero attached hydrogens (tertiary/aromatic N) is 1. The number of hydrogen-bond acceptors (Lipinski definition) is 5. The summed E-state index contributed by atoms with van der Waals surface area (Å²) in [6.07, 6.45) is 2.19. The van der Waals surface area contributed by atoms with Gasteiger partial charge in [-0.3, -0.25) is 9.59 Å². The molecule has 1 aliphatic carbocycles. The van der Waals surface area contributed by atoms with Gasteiger partial charge in [0.2, 0.25) is 5.91 Å². The molecule has 2 aliphatic rings. The number of para-hydroxylation sites is 2. The number of carbonyl (C=O) groups is 2. The summed E-state index contributed by atoms with van der Waals surface area (Å²) >= 11 is 7.57. The quantitative estimate of drug-likeness (QED) is 0.496.